The molecule has 122 valence electrons. The van der Waals surface area contributed by atoms with E-state index in [-0.39, 0.29) is 24.8 Å². The number of nitrogens with zero attached hydrogens (tertiary/aromatic N) is 1. The van der Waals surface area contributed by atoms with Gasteiger partial charge in [-0.3, -0.25) is 14.4 Å². The Morgan fingerprint density at radius 2 is 2.13 bits per heavy atom. The molecule has 3 rings (SSSR count). The van der Waals surface area contributed by atoms with Crippen LogP contribution in [0.15, 0.2) is 18.2 Å². The number of carboxylic acids is 1. The Morgan fingerprint density at radius 1 is 1.39 bits per heavy atom. The van der Waals surface area contributed by atoms with Crippen LogP contribution in [-0.2, 0) is 14.4 Å². The summed E-state index contributed by atoms with van der Waals surface area (Å²) in [4.78, 5) is 36.6. The van der Waals surface area contributed by atoms with Gasteiger partial charge in [0.05, 0.1) is 11.1 Å². The van der Waals surface area contributed by atoms with Gasteiger partial charge in [-0.2, -0.15) is 0 Å². The van der Waals surface area contributed by atoms with Gasteiger partial charge < -0.3 is 20.1 Å². The second-order valence-electron chi connectivity index (χ2n) is 6.09. The maximum absolute atomic E-state index is 12.2. The van der Waals surface area contributed by atoms with Gasteiger partial charge in [-0.25, -0.2) is 0 Å². The fourth-order valence-electron chi connectivity index (χ4n) is 2.93. The Balaban J connectivity index is 1.72. The highest BCUT2D eigenvalue weighted by Gasteiger charge is 2.45. The average Bonchev–Trinajstić information content (AvgIpc) is 2.47. The highest BCUT2D eigenvalue weighted by Crippen LogP contribution is 2.44. The van der Waals surface area contributed by atoms with Gasteiger partial charge >= 0.3 is 5.97 Å². The summed E-state index contributed by atoms with van der Waals surface area (Å²) in [7, 11) is 1.64. The second kappa shape index (κ2) is 5.57. The number of aliphatic carboxylic acids is 1. The fraction of sp³-hybridized carbons (Fsp3) is 0.438. The number of benzene rings is 1. The standard InChI is InChI=1S/C16H18N2O5/c1-18-11-7-10(3-4-12(11)23-9-14(18)20)17-13(19)8-16(15(21)22)5-2-6-16/h3-4,7H,2,5-6,8-9H2,1H3,(H,17,19)(H,21,22). The van der Waals surface area contributed by atoms with E-state index in [1.54, 1.807) is 25.2 Å². The van der Waals surface area contributed by atoms with Gasteiger partial charge in [0.15, 0.2) is 6.61 Å². The molecular weight excluding hydrogens is 300 g/mol. The molecule has 23 heavy (non-hydrogen) atoms. The van der Waals surface area contributed by atoms with E-state index in [2.05, 4.69) is 5.32 Å². The number of carbonyl (C=O) groups excluding carboxylic acids is 2. The number of rotatable bonds is 4. The van der Waals surface area contributed by atoms with Gasteiger partial charge in [-0.05, 0) is 31.0 Å². The summed E-state index contributed by atoms with van der Waals surface area (Å²) in [6.45, 7) is -0.00363. The summed E-state index contributed by atoms with van der Waals surface area (Å²) < 4.78 is 5.32. The van der Waals surface area contributed by atoms with Crippen molar-refractivity contribution < 1.29 is 24.2 Å². The van der Waals surface area contributed by atoms with Crippen LogP contribution in [0, 0.1) is 5.41 Å². The lowest BCUT2D eigenvalue weighted by atomic mass is 9.66. The molecule has 1 aliphatic heterocycles. The molecule has 1 aromatic rings. The highest BCUT2D eigenvalue weighted by atomic mass is 16.5. The Morgan fingerprint density at radius 3 is 2.74 bits per heavy atom. The second-order valence-corrected chi connectivity index (χ2v) is 6.09. The van der Waals surface area contributed by atoms with Crippen molar-refractivity contribution in [1.29, 1.82) is 0 Å². The summed E-state index contributed by atoms with van der Waals surface area (Å²) in [6, 6.07) is 5.01. The zero-order valence-electron chi connectivity index (χ0n) is 12.8. The number of hydrogen-bond acceptors (Lipinski definition) is 4. The van der Waals surface area contributed by atoms with Crippen molar-refractivity contribution >= 4 is 29.2 Å². The third kappa shape index (κ3) is 2.74. The van der Waals surface area contributed by atoms with Crippen molar-refractivity contribution in [3.63, 3.8) is 0 Å². The van der Waals surface area contributed by atoms with Gasteiger partial charge in [0.1, 0.15) is 5.75 Å². The summed E-state index contributed by atoms with van der Waals surface area (Å²) in [5.41, 5.74) is 0.170. The number of anilines is 2. The van der Waals surface area contributed by atoms with Crippen molar-refractivity contribution in [3.8, 4) is 5.75 Å². The number of carbonyl (C=O) groups is 3. The van der Waals surface area contributed by atoms with Gasteiger partial charge in [-0.15, -0.1) is 0 Å². The van der Waals surface area contributed by atoms with Crippen LogP contribution in [0.25, 0.3) is 0 Å². The van der Waals surface area contributed by atoms with E-state index in [0.29, 0.717) is 30.0 Å². The monoisotopic (exact) mass is 318 g/mol. The van der Waals surface area contributed by atoms with Crippen molar-refractivity contribution in [1.82, 2.24) is 0 Å². The maximum Gasteiger partial charge on any atom is 0.310 e. The Bertz CT molecular complexity index is 681. The van der Waals surface area contributed by atoms with E-state index < -0.39 is 11.4 Å². The molecule has 2 aliphatic rings. The fourth-order valence-corrected chi connectivity index (χ4v) is 2.93. The quantitative estimate of drug-likeness (QED) is 0.879. The SMILES string of the molecule is CN1C(=O)COc2ccc(NC(=O)CC3(C(=O)O)CCC3)cc21. The first-order chi connectivity index (χ1) is 10.9. The number of amides is 2. The zero-order chi connectivity index (χ0) is 16.6. The van der Waals surface area contributed by atoms with Crippen LogP contribution in [0.4, 0.5) is 11.4 Å². The Kier molecular flexibility index (Phi) is 3.71. The molecular formula is C16H18N2O5. The molecule has 0 bridgehead atoms. The molecule has 1 aliphatic carbocycles. The molecule has 0 unspecified atom stereocenters. The maximum atomic E-state index is 12.2. The lowest BCUT2D eigenvalue weighted by molar-refractivity contribution is -0.157. The van der Waals surface area contributed by atoms with E-state index in [9.17, 15) is 19.5 Å². The molecule has 1 saturated carbocycles. The molecule has 2 N–H and O–H groups in total. The highest BCUT2D eigenvalue weighted by molar-refractivity contribution is 5.99. The van der Waals surface area contributed by atoms with Crippen LogP contribution in [0.5, 0.6) is 5.75 Å². The first-order valence-corrected chi connectivity index (χ1v) is 7.48. The predicted octanol–water partition coefficient (Wildman–Crippen LogP) is 1.63. The summed E-state index contributed by atoms with van der Waals surface area (Å²) in [5, 5.41) is 12.0. The minimum Gasteiger partial charge on any atom is -0.482 e. The third-order valence-corrected chi connectivity index (χ3v) is 4.59. The van der Waals surface area contributed by atoms with Gasteiger partial charge in [0.2, 0.25) is 5.91 Å². The molecule has 0 aromatic heterocycles. The van der Waals surface area contributed by atoms with Crippen molar-refractivity contribution in [3.05, 3.63) is 18.2 Å². The molecule has 7 heteroatoms. The largest absolute Gasteiger partial charge is 0.482 e. The minimum atomic E-state index is -0.922. The van der Waals surface area contributed by atoms with Gasteiger partial charge in [0.25, 0.3) is 5.91 Å². The zero-order valence-corrected chi connectivity index (χ0v) is 12.8. The molecule has 1 fully saturated rings. The minimum absolute atomic E-state index is 0.00363. The van der Waals surface area contributed by atoms with Crippen molar-refractivity contribution in [2.45, 2.75) is 25.7 Å². The number of ether oxygens (including phenoxy) is 1. The Hall–Kier alpha value is -2.57. The summed E-state index contributed by atoms with van der Waals surface area (Å²) >= 11 is 0. The topological polar surface area (TPSA) is 95.9 Å². The lowest BCUT2D eigenvalue weighted by Gasteiger charge is -2.36. The smallest absolute Gasteiger partial charge is 0.310 e. The van der Waals surface area contributed by atoms with Crippen LogP contribution in [0.3, 0.4) is 0 Å². The van der Waals surface area contributed by atoms with E-state index in [1.165, 1.54) is 4.90 Å². The lowest BCUT2D eigenvalue weighted by Crippen LogP contribution is -2.41. The van der Waals surface area contributed by atoms with Crippen LogP contribution in [-0.4, -0.2) is 36.5 Å². The number of nitrogens with one attached hydrogen (secondary N) is 1. The molecule has 2 amide bonds. The van der Waals surface area contributed by atoms with E-state index >= 15 is 0 Å². The molecule has 0 saturated heterocycles. The van der Waals surface area contributed by atoms with E-state index in [1.807, 2.05) is 0 Å². The molecule has 0 spiro atoms. The summed E-state index contributed by atoms with van der Waals surface area (Å²) in [6.07, 6.45) is 1.86. The molecule has 1 aromatic carbocycles. The molecule has 0 radical (unpaired) electrons. The normalized spacial score (nSPS) is 18.5. The van der Waals surface area contributed by atoms with Gasteiger partial charge in [0, 0.05) is 19.2 Å². The first-order valence-electron chi connectivity index (χ1n) is 7.48. The first kappa shape index (κ1) is 15.3. The van der Waals surface area contributed by atoms with E-state index in [4.69, 9.17) is 4.74 Å². The number of likely N-dealkylation sites (N-methyl/N-ethyl adjacent to an activating group) is 1. The number of carboxylic acid groups (broad SMARTS) is 1. The average molecular weight is 318 g/mol. The summed E-state index contributed by atoms with van der Waals surface area (Å²) in [5.74, 6) is -0.841. The van der Waals surface area contributed by atoms with Crippen molar-refractivity contribution in [2.24, 2.45) is 5.41 Å². The third-order valence-electron chi connectivity index (χ3n) is 4.59. The van der Waals surface area contributed by atoms with E-state index in [0.717, 1.165) is 6.42 Å². The number of hydrogen-bond donors (Lipinski definition) is 2. The molecule has 7 nitrogen and oxygen atoms in total. The van der Waals surface area contributed by atoms with Crippen LogP contribution >= 0.6 is 0 Å². The van der Waals surface area contributed by atoms with Crippen LogP contribution in [0.2, 0.25) is 0 Å². The van der Waals surface area contributed by atoms with Crippen LogP contribution in [0.1, 0.15) is 25.7 Å². The van der Waals surface area contributed by atoms with Crippen molar-refractivity contribution in [2.75, 3.05) is 23.9 Å². The Labute approximate surface area is 133 Å². The number of fused-ring (bicyclic) bond motifs is 1. The predicted molar refractivity (Wildman–Crippen MR) is 82.5 cm³/mol. The van der Waals surface area contributed by atoms with Gasteiger partial charge in [-0.1, -0.05) is 6.42 Å². The van der Waals surface area contributed by atoms with Crippen LogP contribution < -0.4 is 15.0 Å². The molecule has 1 heterocycles. The molecule has 0 atom stereocenters.